The van der Waals surface area contributed by atoms with Gasteiger partial charge in [0.15, 0.2) is 5.70 Å². The zero-order chi connectivity index (χ0) is 20.2. The van der Waals surface area contributed by atoms with Gasteiger partial charge >= 0.3 is 5.97 Å². The molecule has 1 heterocycles. The summed E-state index contributed by atoms with van der Waals surface area (Å²) in [5, 5.41) is 0. The SMILES string of the molecule is Cc1ccc(COc2cccc(/C=C3\N=C(c4ccccc4C)OC3=O)c2)cc1. The molecule has 3 aromatic rings. The van der Waals surface area contributed by atoms with Gasteiger partial charge in [-0.1, -0.05) is 60.2 Å². The van der Waals surface area contributed by atoms with E-state index in [4.69, 9.17) is 9.47 Å². The number of cyclic esters (lactones) is 1. The molecule has 144 valence electrons. The van der Waals surface area contributed by atoms with Crippen LogP contribution in [0.15, 0.2) is 83.5 Å². The van der Waals surface area contributed by atoms with Gasteiger partial charge < -0.3 is 9.47 Å². The lowest BCUT2D eigenvalue weighted by Crippen LogP contribution is -2.06. The number of aliphatic imine (C=N–C) groups is 1. The van der Waals surface area contributed by atoms with Gasteiger partial charge in [0.25, 0.3) is 0 Å². The number of ether oxygens (including phenoxy) is 2. The minimum absolute atomic E-state index is 0.277. The van der Waals surface area contributed by atoms with Crippen LogP contribution in [-0.2, 0) is 16.1 Å². The first-order valence-corrected chi connectivity index (χ1v) is 9.45. The molecule has 0 atom stereocenters. The molecule has 0 aliphatic carbocycles. The molecule has 1 aliphatic heterocycles. The monoisotopic (exact) mass is 383 g/mol. The molecule has 4 heteroatoms. The van der Waals surface area contributed by atoms with E-state index < -0.39 is 5.97 Å². The quantitative estimate of drug-likeness (QED) is 0.448. The third kappa shape index (κ3) is 4.43. The van der Waals surface area contributed by atoms with Crippen LogP contribution < -0.4 is 4.74 Å². The van der Waals surface area contributed by atoms with E-state index in [-0.39, 0.29) is 5.70 Å². The summed E-state index contributed by atoms with van der Waals surface area (Å²) in [6.45, 7) is 4.50. The first kappa shape index (κ1) is 18.7. The van der Waals surface area contributed by atoms with Crippen LogP contribution in [0.25, 0.3) is 6.08 Å². The Bertz CT molecular complexity index is 1110. The van der Waals surface area contributed by atoms with Crippen LogP contribution in [-0.4, -0.2) is 11.9 Å². The van der Waals surface area contributed by atoms with Crippen molar-refractivity contribution in [3.8, 4) is 5.75 Å². The highest BCUT2D eigenvalue weighted by Crippen LogP contribution is 2.23. The van der Waals surface area contributed by atoms with Crippen LogP contribution in [0, 0.1) is 13.8 Å². The molecule has 0 amide bonds. The lowest BCUT2D eigenvalue weighted by Gasteiger charge is -2.07. The third-order valence-corrected chi connectivity index (χ3v) is 4.68. The van der Waals surface area contributed by atoms with Crippen LogP contribution in [0.2, 0.25) is 0 Å². The third-order valence-electron chi connectivity index (χ3n) is 4.68. The second kappa shape index (κ2) is 8.15. The molecule has 0 saturated heterocycles. The number of carbonyl (C=O) groups is 1. The van der Waals surface area contributed by atoms with Gasteiger partial charge in [-0.3, -0.25) is 0 Å². The van der Waals surface area contributed by atoms with Gasteiger partial charge in [-0.25, -0.2) is 9.79 Å². The van der Waals surface area contributed by atoms with Crippen molar-refractivity contribution in [2.45, 2.75) is 20.5 Å². The number of carbonyl (C=O) groups excluding carboxylic acids is 1. The van der Waals surface area contributed by atoms with Gasteiger partial charge in [-0.2, -0.15) is 0 Å². The lowest BCUT2D eigenvalue weighted by atomic mass is 10.1. The van der Waals surface area contributed by atoms with E-state index in [9.17, 15) is 4.79 Å². The Morgan fingerprint density at radius 1 is 0.966 bits per heavy atom. The molecule has 3 aromatic carbocycles. The first-order valence-electron chi connectivity index (χ1n) is 9.45. The molecule has 4 nitrogen and oxygen atoms in total. The highest BCUT2D eigenvalue weighted by atomic mass is 16.6. The summed E-state index contributed by atoms with van der Waals surface area (Å²) in [4.78, 5) is 16.7. The molecule has 0 radical (unpaired) electrons. The van der Waals surface area contributed by atoms with Gasteiger partial charge in [0.05, 0.1) is 0 Å². The molecular weight excluding hydrogens is 362 g/mol. The van der Waals surface area contributed by atoms with Crippen molar-refractivity contribution in [2.24, 2.45) is 4.99 Å². The smallest absolute Gasteiger partial charge is 0.363 e. The molecule has 1 aliphatic rings. The summed E-state index contributed by atoms with van der Waals surface area (Å²) < 4.78 is 11.3. The van der Waals surface area contributed by atoms with E-state index in [0.717, 1.165) is 28.0 Å². The van der Waals surface area contributed by atoms with E-state index in [1.165, 1.54) is 5.56 Å². The largest absolute Gasteiger partial charge is 0.489 e. The highest BCUT2D eigenvalue weighted by Gasteiger charge is 2.24. The standard InChI is InChI=1S/C25H21NO3/c1-17-10-12-19(13-11-17)16-28-21-8-5-7-20(14-21)15-23-25(27)29-24(26-23)22-9-4-3-6-18(22)2/h3-15H,16H2,1-2H3/b23-15-. The summed E-state index contributed by atoms with van der Waals surface area (Å²) >= 11 is 0. The van der Waals surface area contributed by atoms with Crippen molar-refractivity contribution >= 4 is 17.9 Å². The van der Waals surface area contributed by atoms with Gasteiger partial charge in [-0.15, -0.1) is 0 Å². The zero-order valence-electron chi connectivity index (χ0n) is 16.4. The fourth-order valence-electron chi connectivity index (χ4n) is 3.04. The molecule has 0 N–H and O–H groups in total. The maximum Gasteiger partial charge on any atom is 0.363 e. The van der Waals surface area contributed by atoms with Crippen LogP contribution in [0.5, 0.6) is 5.75 Å². The Morgan fingerprint density at radius 2 is 1.76 bits per heavy atom. The molecule has 0 aromatic heterocycles. The topological polar surface area (TPSA) is 47.9 Å². The summed E-state index contributed by atoms with van der Waals surface area (Å²) in [5.74, 6) is 0.620. The Balaban J connectivity index is 1.52. The average Bonchev–Trinajstić information content (AvgIpc) is 3.08. The number of hydrogen-bond donors (Lipinski definition) is 0. The van der Waals surface area contributed by atoms with Crippen LogP contribution in [0.4, 0.5) is 0 Å². The van der Waals surface area contributed by atoms with Crippen molar-refractivity contribution in [3.63, 3.8) is 0 Å². The number of esters is 1. The van der Waals surface area contributed by atoms with Gasteiger partial charge in [0, 0.05) is 5.56 Å². The fourth-order valence-corrected chi connectivity index (χ4v) is 3.04. The summed E-state index contributed by atoms with van der Waals surface area (Å²) in [5.41, 5.74) is 5.25. The van der Waals surface area contributed by atoms with Gasteiger partial charge in [0.2, 0.25) is 5.90 Å². The molecule has 0 spiro atoms. The van der Waals surface area contributed by atoms with E-state index in [1.54, 1.807) is 6.08 Å². The maximum absolute atomic E-state index is 12.3. The summed E-state index contributed by atoms with van der Waals surface area (Å²) in [6, 6.07) is 23.5. The Hall–Kier alpha value is -3.66. The van der Waals surface area contributed by atoms with E-state index in [1.807, 2.05) is 55.5 Å². The lowest BCUT2D eigenvalue weighted by molar-refractivity contribution is -0.129. The molecule has 0 fully saturated rings. The Kier molecular flexibility index (Phi) is 5.25. The average molecular weight is 383 g/mol. The van der Waals surface area contributed by atoms with Crippen LogP contribution >= 0.6 is 0 Å². The minimum atomic E-state index is -0.450. The van der Waals surface area contributed by atoms with Crippen LogP contribution in [0.1, 0.15) is 27.8 Å². The summed E-state index contributed by atoms with van der Waals surface area (Å²) in [6.07, 6.45) is 1.71. The fraction of sp³-hybridized carbons (Fsp3) is 0.120. The summed E-state index contributed by atoms with van der Waals surface area (Å²) in [7, 11) is 0. The molecule has 0 bridgehead atoms. The number of rotatable bonds is 5. The zero-order valence-corrected chi connectivity index (χ0v) is 16.4. The normalized spacial score (nSPS) is 14.6. The van der Waals surface area contributed by atoms with Crippen molar-refractivity contribution in [1.82, 2.24) is 0 Å². The van der Waals surface area contributed by atoms with Crippen molar-refractivity contribution in [1.29, 1.82) is 0 Å². The van der Waals surface area contributed by atoms with E-state index in [2.05, 4.69) is 36.2 Å². The highest BCUT2D eigenvalue weighted by molar-refractivity contribution is 6.13. The van der Waals surface area contributed by atoms with Crippen molar-refractivity contribution < 1.29 is 14.3 Å². The molecule has 0 saturated carbocycles. The van der Waals surface area contributed by atoms with E-state index in [0.29, 0.717) is 12.5 Å². The minimum Gasteiger partial charge on any atom is -0.489 e. The second-order valence-electron chi connectivity index (χ2n) is 7.00. The number of benzene rings is 3. The van der Waals surface area contributed by atoms with Crippen molar-refractivity contribution in [3.05, 3.63) is 106 Å². The number of hydrogen-bond acceptors (Lipinski definition) is 4. The first-order chi connectivity index (χ1) is 14.1. The van der Waals surface area contributed by atoms with E-state index >= 15 is 0 Å². The molecular formula is C25H21NO3. The maximum atomic E-state index is 12.3. The molecule has 4 rings (SSSR count). The number of aryl methyl sites for hydroxylation is 2. The predicted molar refractivity (Wildman–Crippen MR) is 114 cm³/mol. The second-order valence-corrected chi connectivity index (χ2v) is 7.00. The number of nitrogens with zero attached hydrogens (tertiary/aromatic N) is 1. The van der Waals surface area contributed by atoms with Gasteiger partial charge in [0.1, 0.15) is 12.4 Å². The predicted octanol–water partition coefficient (Wildman–Crippen LogP) is 5.23. The van der Waals surface area contributed by atoms with Gasteiger partial charge in [-0.05, 0) is 54.8 Å². The Labute approximate surface area is 170 Å². The molecule has 0 unspecified atom stereocenters. The van der Waals surface area contributed by atoms with Crippen molar-refractivity contribution in [2.75, 3.05) is 0 Å². The Morgan fingerprint density at radius 3 is 2.55 bits per heavy atom. The van der Waals surface area contributed by atoms with Crippen LogP contribution in [0.3, 0.4) is 0 Å². The molecule has 29 heavy (non-hydrogen) atoms.